The van der Waals surface area contributed by atoms with Crippen molar-refractivity contribution in [3.63, 3.8) is 0 Å². The lowest BCUT2D eigenvalue weighted by molar-refractivity contribution is -0.144. The zero-order valence-corrected chi connectivity index (χ0v) is 17.0. The van der Waals surface area contributed by atoms with Crippen molar-refractivity contribution in [1.82, 2.24) is 14.7 Å². The van der Waals surface area contributed by atoms with Crippen LogP contribution in [0.25, 0.3) is 5.69 Å². The molecule has 0 aliphatic carbocycles. The van der Waals surface area contributed by atoms with Gasteiger partial charge in [0.15, 0.2) is 0 Å². The monoisotopic (exact) mass is 406 g/mol. The van der Waals surface area contributed by atoms with Gasteiger partial charge in [0.2, 0.25) is 5.91 Å². The molecular weight excluding hydrogens is 380 g/mol. The minimum absolute atomic E-state index is 0. The van der Waals surface area contributed by atoms with Gasteiger partial charge in [-0.2, -0.15) is 5.10 Å². The normalized spacial score (nSPS) is 17.0. The molecule has 0 saturated carbocycles. The summed E-state index contributed by atoms with van der Waals surface area (Å²) in [5.41, 5.74) is 3.29. The van der Waals surface area contributed by atoms with Crippen molar-refractivity contribution in [3.05, 3.63) is 41.7 Å². The van der Waals surface area contributed by atoms with Crippen LogP contribution in [-0.4, -0.2) is 50.8 Å². The number of carboxylic acid groups (broad SMARTS) is 1. The molecule has 8 heteroatoms. The maximum Gasteiger partial charge on any atom is 0.320 e. The van der Waals surface area contributed by atoms with Crippen LogP contribution in [0.2, 0.25) is 0 Å². The summed E-state index contributed by atoms with van der Waals surface area (Å²) in [5, 5.41) is 16.8. The number of amides is 1. The number of likely N-dealkylation sites (tertiary alicyclic amines) is 1. The number of nitrogens with one attached hydrogen (secondary N) is 1. The zero-order valence-electron chi connectivity index (χ0n) is 16.2. The highest BCUT2D eigenvalue weighted by molar-refractivity contribution is 5.92. The second kappa shape index (κ2) is 9.71. The smallest absolute Gasteiger partial charge is 0.320 e. The van der Waals surface area contributed by atoms with Crippen LogP contribution in [-0.2, 0) is 9.59 Å². The minimum Gasteiger partial charge on any atom is -0.480 e. The molecule has 1 unspecified atom stereocenters. The van der Waals surface area contributed by atoms with Crippen molar-refractivity contribution in [2.45, 2.75) is 45.6 Å². The Hall–Kier alpha value is -2.38. The Morgan fingerprint density at radius 3 is 2.61 bits per heavy atom. The number of anilines is 1. The molecule has 2 heterocycles. The predicted octanol–water partition coefficient (Wildman–Crippen LogP) is 3.18. The number of benzene rings is 1. The van der Waals surface area contributed by atoms with E-state index in [2.05, 4.69) is 10.4 Å². The van der Waals surface area contributed by atoms with E-state index in [1.807, 2.05) is 53.8 Å². The number of halogens is 1. The Bertz CT molecular complexity index is 822. The number of aromatic nitrogens is 2. The van der Waals surface area contributed by atoms with Gasteiger partial charge in [0.05, 0.1) is 22.8 Å². The second-order valence-electron chi connectivity index (χ2n) is 6.98. The topological polar surface area (TPSA) is 87.5 Å². The van der Waals surface area contributed by atoms with Gasteiger partial charge in [-0.05, 0) is 45.4 Å². The number of piperidine rings is 1. The molecular formula is C20H27ClN4O3. The van der Waals surface area contributed by atoms with E-state index in [9.17, 15) is 14.7 Å². The van der Waals surface area contributed by atoms with Crippen molar-refractivity contribution < 1.29 is 14.7 Å². The van der Waals surface area contributed by atoms with Crippen LogP contribution in [0.3, 0.4) is 0 Å². The lowest BCUT2D eigenvalue weighted by atomic mass is 10.0. The van der Waals surface area contributed by atoms with Crippen LogP contribution in [0.4, 0.5) is 5.69 Å². The van der Waals surface area contributed by atoms with Crippen LogP contribution in [0.5, 0.6) is 0 Å². The summed E-state index contributed by atoms with van der Waals surface area (Å²) in [6, 6.07) is 9.29. The minimum atomic E-state index is -0.800. The summed E-state index contributed by atoms with van der Waals surface area (Å²) in [6.07, 6.45) is 2.82. The first kappa shape index (κ1) is 21.9. The molecule has 1 aliphatic rings. The molecule has 2 aromatic rings. The number of carbonyl (C=O) groups is 2. The van der Waals surface area contributed by atoms with Crippen molar-refractivity contribution in [2.24, 2.45) is 0 Å². The van der Waals surface area contributed by atoms with Crippen LogP contribution < -0.4 is 5.32 Å². The van der Waals surface area contributed by atoms with Gasteiger partial charge in [0.25, 0.3) is 0 Å². The summed E-state index contributed by atoms with van der Waals surface area (Å²) in [7, 11) is 0. The van der Waals surface area contributed by atoms with Crippen molar-refractivity contribution in [2.75, 3.05) is 18.4 Å². The van der Waals surface area contributed by atoms with Gasteiger partial charge >= 0.3 is 5.97 Å². The lowest BCUT2D eigenvalue weighted by Gasteiger charge is -2.32. The number of rotatable bonds is 6. The molecule has 1 amide bonds. The molecule has 3 rings (SSSR count). The fourth-order valence-electron chi connectivity index (χ4n) is 3.63. The van der Waals surface area contributed by atoms with E-state index in [0.29, 0.717) is 13.0 Å². The average molecular weight is 407 g/mol. The predicted molar refractivity (Wildman–Crippen MR) is 110 cm³/mol. The standard InChI is InChI=1S/C20H26N4O3.ClH/c1-14-19(15(2)24(22-14)16-8-4-3-5-9-16)21-18(25)11-13-23-12-7-6-10-17(23)20(26)27;/h3-5,8-9,17H,6-7,10-13H2,1-2H3,(H,21,25)(H,26,27);1H. The third-order valence-corrected chi connectivity index (χ3v) is 5.08. The first-order valence-electron chi connectivity index (χ1n) is 9.35. The summed E-state index contributed by atoms with van der Waals surface area (Å²) >= 11 is 0. The zero-order chi connectivity index (χ0) is 19.4. The van der Waals surface area contributed by atoms with Gasteiger partial charge in [-0.1, -0.05) is 24.6 Å². The van der Waals surface area contributed by atoms with Crippen molar-refractivity contribution in [1.29, 1.82) is 0 Å². The molecule has 28 heavy (non-hydrogen) atoms. The molecule has 1 aromatic heterocycles. The summed E-state index contributed by atoms with van der Waals surface area (Å²) in [6.45, 7) is 4.98. The van der Waals surface area contributed by atoms with Crippen LogP contribution in [0.15, 0.2) is 30.3 Å². The molecule has 1 saturated heterocycles. The Kier molecular flexibility index (Phi) is 7.60. The van der Waals surface area contributed by atoms with Gasteiger partial charge in [0.1, 0.15) is 6.04 Å². The highest BCUT2D eigenvalue weighted by Crippen LogP contribution is 2.23. The fourth-order valence-corrected chi connectivity index (χ4v) is 3.63. The number of aliphatic carboxylic acids is 1. The number of hydrogen-bond donors (Lipinski definition) is 2. The van der Waals surface area contributed by atoms with Gasteiger partial charge in [-0.25, -0.2) is 4.68 Å². The third kappa shape index (κ3) is 4.91. The molecule has 152 valence electrons. The van der Waals surface area contributed by atoms with E-state index >= 15 is 0 Å². The fraction of sp³-hybridized carbons (Fsp3) is 0.450. The van der Waals surface area contributed by atoms with Crippen LogP contribution in [0.1, 0.15) is 37.1 Å². The van der Waals surface area contributed by atoms with Crippen LogP contribution in [0, 0.1) is 13.8 Å². The van der Waals surface area contributed by atoms with Gasteiger partial charge in [-0.15, -0.1) is 12.4 Å². The number of nitrogens with zero attached hydrogens (tertiary/aromatic N) is 3. The van der Waals surface area contributed by atoms with E-state index in [4.69, 9.17) is 0 Å². The van der Waals surface area contributed by atoms with Gasteiger partial charge in [-0.3, -0.25) is 14.5 Å². The molecule has 1 fully saturated rings. The molecule has 1 atom stereocenters. The summed E-state index contributed by atoms with van der Waals surface area (Å²) in [5.74, 6) is -0.922. The largest absolute Gasteiger partial charge is 0.480 e. The number of carboxylic acids is 1. The highest BCUT2D eigenvalue weighted by Gasteiger charge is 2.28. The molecule has 0 bridgehead atoms. The maximum absolute atomic E-state index is 12.5. The molecule has 0 spiro atoms. The number of para-hydroxylation sites is 1. The number of aryl methyl sites for hydroxylation is 1. The van der Waals surface area contributed by atoms with E-state index in [1.54, 1.807) is 0 Å². The summed E-state index contributed by atoms with van der Waals surface area (Å²) < 4.78 is 1.82. The third-order valence-electron chi connectivity index (χ3n) is 5.08. The van der Waals surface area contributed by atoms with Gasteiger partial charge < -0.3 is 10.4 Å². The van der Waals surface area contributed by atoms with Crippen LogP contribution >= 0.6 is 12.4 Å². The number of hydrogen-bond acceptors (Lipinski definition) is 4. The summed E-state index contributed by atoms with van der Waals surface area (Å²) in [4.78, 5) is 25.7. The molecule has 1 aromatic carbocycles. The second-order valence-corrected chi connectivity index (χ2v) is 6.98. The Morgan fingerprint density at radius 2 is 1.93 bits per heavy atom. The Labute approximate surface area is 171 Å². The van der Waals surface area contributed by atoms with E-state index in [-0.39, 0.29) is 24.7 Å². The average Bonchev–Trinajstić information content (AvgIpc) is 2.95. The first-order chi connectivity index (χ1) is 13.0. The quantitative estimate of drug-likeness (QED) is 0.769. The van der Waals surface area contributed by atoms with Crippen molar-refractivity contribution in [3.8, 4) is 5.69 Å². The van der Waals surface area contributed by atoms with E-state index < -0.39 is 12.0 Å². The van der Waals surface area contributed by atoms with Crippen molar-refractivity contribution >= 4 is 30.0 Å². The maximum atomic E-state index is 12.5. The first-order valence-corrected chi connectivity index (χ1v) is 9.35. The Balaban J connectivity index is 0.00000280. The molecule has 0 radical (unpaired) electrons. The van der Waals surface area contributed by atoms with Gasteiger partial charge in [0, 0.05) is 13.0 Å². The van der Waals surface area contributed by atoms with E-state index in [0.717, 1.165) is 42.1 Å². The molecule has 1 aliphatic heterocycles. The SMILES string of the molecule is Cc1nn(-c2ccccc2)c(C)c1NC(=O)CCN1CCCCC1C(=O)O.Cl. The molecule has 7 nitrogen and oxygen atoms in total. The van der Waals surface area contributed by atoms with E-state index in [1.165, 1.54) is 0 Å². The highest BCUT2D eigenvalue weighted by atomic mass is 35.5. The lowest BCUT2D eigenvalue weighted by Crippen LogP contribution is -2.45. The molecule has 2 N–H and O–H groups in total. The Morgan fingerprint density at radius 1 is 1.21 bits per heavy atom. The number of carbonyl (C=O) groups excluding carboxylic acids is 1.